The van der Waals surface area contributed by atoms with E-state index in [0.717, 1.165) is 50.6 Å². The highest BCUT2D eigenvalue weighted by molar-refractivity contribution is 5.78. The molecule has 9 heteroatoms. The van der Waals surface area contributed by atoms with Crippen molar-refractivity contribution in [2.45, 2.75) is 0 Å². The van der Waals surface area contributed by atoms with Gasteiger partial charge in [-0.1, -0.05) is 24.3 Å². The smallest absolute Gasteiger partial charge is 0.182 e. The van der Waals surface area contributed by atoms with E-state index < -0.39 is 0 Å². The van der Waals surface area contributed by atoms with E-state index in [1.807, 2.05) is 109 Å². The Morgan fingerprint density at radius 3 is 1.00 bits per heavy atom. The quantitative estimate of drug-likeness (QED) is 0.175. The van der Waals surface area contributed by atoms with Gasteiger partial charge in [0.15, 0.2) is 17.5 Å². The van der Waals surface area contributed by atoms with Crippen LogP contribution in [0.1, 0.15) is 0 Å². The molecule has 226 valence electrons. The lowest BCUT2D eigenvalue weighted by atomic mass is 10.00. The highest BCUT2D eigenvalue weighted by atomic mass is 15.1. The maximum atomic E-state index is 4.96. The predicted molar refractivity (Wildman–Crippen MR) is 185 cm³/mol. The van der Waals surface area contributed by atoms with E-state index in [9.17, 15) is 0 Å². The SMILES string of the molecule is c1ccc(-c2ccc(-c3nc(-c4cc(-c5ccccn5)cc(-c5ccccn5)c4)nc(-c4ccc(-c5ccccn5)cn4)n3)nc2)nc1. The van der Waals surface area contributed by atoms with Gasteiger partial charge in [0, 0.05) is 65.0 Å². The second kappa shape index (κ2) is 12.9. The lowest BCUT2D eigenvalue weighted by molar-refractivity contribution is 1.05. The van der Waals surface area contributed by atoms with Crippen molar-refractivity contribution in [1.82, 2.24) is 44.9 Å². The number of benzene rings is 1. The van der Waals surface area contributed by atoms with Gasteiger partial charge in [-0.05, 0) is 91.0 Å². The second-order valence-corrected chi connectivity index (χ2v) is 10.8. The zero-order valence-electron chi connectivity index (χ0n) is 25.5. The second-order valence-electron chi connectivity index (χ2n) is 10.8. The van der Waals surface area contributed by atoms with Crippen molar-refractivity contribution in [2.75, 3.05) is 0 Å². The molecule has 0 N–H and O–H groups in total. The molecular weight excluding hydrogens is 594 g/mol. The summed E-state index contributed by atoms with van der Waals surface area (Å²) in [5, 5.41) is 0. The lowest BCUT2D eigenvalue weighted by Gasteiger charge is -2.11. The van der Waals surface area contributed by atoms with E-state index in [1.54, 1.807) is 37.2 Å². The summed E-state index contributed by atoms with van der Waals surface area (Å²) < 4.78 is 0. The molecule has 0 unspecified atom stereocenters. The number of nitrogens with zero attached hydrogens (tertiary/aromatic N) is 9. The fourth-order valence-corrected chi connectivity index (χ4v) is 5.28. The van der Waals surface area contributed by atoms with E-state index in [1.165, 1.54) is 0 Å². The molecule has 0 atom stereocenters. The normalized spacial score (nSPS) is 10.9. The summed E-state index contributed by atoms with van der Waals surface area (Å²) in [5.41, 5.74) is 8.88. The van der Waals surface area contributed by atoms with Gasteiger partial charge in [0.25, 0.3) is 0 Å². The van der Waals surface area contributed by atoms with Crippen molar-refractivity contribution in [2.24, 2.45) is 0 Å². The fraction of sp³-hybridized carbons (Fsp3) is 0. The third-order valence-electron chi connectivity index (χ3n) is 7.65. The molecule has 8 rings (SSSR count). The Labute approximate surface area is 276 Å². The molecule has 0 amide bonds. The van der Waals surface area contributed by atoms with Gasteiger partial charge >= 0.3 is 0 Å². The number of hydrogen-bond acceptors (Lipinski definition) is 9. The molecule has 0 saturated heterocycles. The molecule has 1 aromatic carbocycles. The minimum absolute atomic E-state index is 0.417. The van der Waals surface area contributed by atoms with Crippen LogP contribution in [0.5, 0.6) is 0 Å². The number of rotatable bonds is 7. The topological polar surface area (TPSA) is 116 Å². The summed E-state index contributed by atoms with van der Waals surface area (Å²) in [4.78, 5) is 42.4. The maximum absolute atomic E-state index is 4.96. The summed E-state index contributed by atoms with van der Waals surface area (Å²) in [5.74, 6) is 1.30. The molecule has 0 aliphatic rings. The van der Waals surface area contributed by atoms with Gasteiger partial charge in [0.2, 0.25) is 0 Å². The van der Waals surface area contributed by atoms with Crippen molar-refractivity contribution in [3.8, 4) is 79.5 Å². The van der Waals surface area contributed by atoms with Gasteiger partial charge in [-0.2, -0.15) is 0 Å². The zero-order chi connectivity index (χ0) is 32.1. The molecule has 0 radical (unpaired) electrons. The Kier molecular flexibility index (Phi) is 7.66. The van der Waals surface area contributed by atoms with Crippen LogP contribution in [0.4, 0.5) is 0 Å². The molecule has 8 aromatic rings. The van der Waals surface area contributed by atoms with Gasteiger partial charge in [-0.25, -0.2) is 15.0 Å². The standard InChI is InChI=1S/C39H25N9/c1-5-17-40-31(9-1)26-13-15-35(44-24-26)38-46-37(47-39(48-38)36-16-14-27(25-45-36)32-10-2-6-18-41-32)30-22-28(33-11-3-7-19-42-33)21-29(23-30)34-12-4-8-20-43-34/h1-25H. The third kappa shape index (κ3) is 6.03. The van der Waals surface area contributed by atoms with E-state index in [4.69, 9.17) is 24.9 Å². The number of hydrogen-bond donors (Lipinski definition) is 0. The molecule has 0 fully saturated rings. The van der Waals surface area contributed by atoms with Crippen LogP contribution in [0, 0.1) is 0 Å². The predicted octanol–water partition coefficient (Wildman–Crippen LogP) is 7.91. The largest absolute Gasteiger partial charge is 0.256 e. The van der Waals surface area contributed by atoms with Gasteiger partial charge in [0.1, 0.15) is 11.4 Å². The van der Waals surface area contributed by atoms with E-state index in [2.05, 4.69) is 26.0 Å². The molecule has 48 heavy (non-hydrogen) atoms. The lowest BCUT2D eigenvalue weighted by Crippen LogP contribution is -2.02. The van der Waals surface area contributed by atoms with Gasteiger partial charge in [-0.15, -0.1) is 0 Å². The van der Waals surface area contributed by atoms with Crippen LogP contribution in [0.3, 0.4) is 0 Å². The minimum Gasteiger partial charge on any atom is -0.256 e. The van der Waals surface area contributed by atoms with Crippen LogP contribution in [0.2, 0.25) is 0 Å². The monoisotopic (exact) mass is 619 g/mol. The summed E-state index contributed by atoms with van der Waals surface area (Å²) in [7, 11) is 0. The van der Waals surface area contributed by atoms with Gasteiger partial charge in [-0.3, -0.25) is 29.9 Å². The highest BCUT2D eigenvalue weighted by Crippen LogP contribution is 2.32. The van der Waals surface area contributed by atoms with Crippen molar-refractivity contribution in [3.63, 3.8) is 0 Å². The van der Waals surface area contributed by atoms with Crippen LogP contribution in [0.15, 0.2) is 152 Å². The average Bonchev–Trinajstić information content (AvgIpc) is 3.19. The molecular formula is C39H25N9. The molecule has 7 heterocycles. The molecule has 9 nitrogen and oxygen atoms in total. The van der Waals surface area contributed by atoms with Crippen molar-refractivity contribution in [3.05, 3.63) is 152 Å². The van der Waals surface area contributed by atoms with Crippen LogP contribution >= 0.6 is 0 Å². The molecule has 0 saturated carbocycles. The molecule has 0 spiro atoms. The van der Waals surface area contributed by atoms with E-state index in [0.29, 0.717) is 28.9 Å². The number of aromatic nitrogens is 9. The zero-order valence-corrected chi connectivity index (χ0v) is 25.5. The Morgan fingerprint density at radius 2 is 0.646 bits per heavy atom. The van der Waals surface area contributed by atoms with Gasteiger partial charge in [0.05, 0.1) is 22.8 Å². The van der Waals surface area contributed by atoms with Crippen LogP contribution in [-0.2, 0) is 0 Å². The first-order valence-corrected chi connectivity index (χ1v) is 15.3. The molecule has 7 aromatic heterocycles. The Balaban J connectivity index is 1.28. The van der Waals surface area contributed by atoms with Crippen LogP contribution in [-0.4, -0.2) is 44.9 Å². The van der Waals surface area contributed by atoms with E-state index >= 15 is 0 Å². The van der Waals surface area contributed by atoms with Crippen molar-refractivity contribution >= 4 is 0 Å². The summed E-state index contributed by atoms with van der Waals surface area (Å²) in [6, 6.07) is 37.1. The van der Waals surface area contributed by atoms with E-state index in [-0.39, 0.29) is 0 Å². The van der Waals surface area contributed by atoms with Crippen molar-refractivity contribution in [1.29, 1.82) is 0 Å². The van der Waals surface area contributed by atoms with Crippen molar-refractivity contribution < 1.29 is 0 Å². The Hall–Kier alpha value is -6.87. The Morgan fingerprint density at radius 1 is 0.271 bits per heavy atom. The number of pyridine rings is 6. The first kappa shape index (κ1) is 28.6. The summed E-state index contributed by atoms with van der Waals surface area (Å²) in [6.07, 6.45) is 10.6. The first-order chi connectivity index (χ1) is 23.8. The van der Waals surface area contributed by atoms with Crippen LogP contribution < -0.4 is 0 Å². The molecule has 0 aliphatic heterocycles. The Bertz CT molecular complexity index is 2140. The first-order valence-electron chi connectivity index (χ1n) is 15.3. The third-order valence-corrected chi connectivity index (χ3v) is 7.65. The summed E-state index contributed by atoms with van der Waals surface area (Å²) in [6.45, 7) is 0. The van der Waals surface area contributed by atoms with Gasteiger partial charge < -0.3 is 0 Å². The summed E-state index contributed by atoms with van der Waals surface area (Å²) >= 11 is 0. The highest BCUT2D eigenvalue weighted by Gasteiger charge is 2.17. The maximum Gasteiger partial charge on any atom is 0.182 e. The molecule has 0 aliphatic carbocycles. The molecule has 0 bridgehead atoms. The fourth-order valence-electron chi connectivity index (χ4n) is 5.28. The van der Waals surface area contributed by atoms with Crippen LogP contribution in [0.25, 0.3) is 79.5 Å². The average molecular weight is 620 g/mol. The minimum atomic E-state index is 0.417.